The Morgan fingerprint density at radius 1 is 1.26 bits per heavy atom. The summed E-state index contributed by atoms with van der Waals surface area (Å²) in [6.07, 6.45) is 6.07. The number of aryl methyl sites for hydroxylation is 1. The van der Waals surface area contributed by atoms with Crippen molar-refractivity contribution in [3.05, 3.63) is 29.3 Å². The molecule has 1 saturated heterocycles. The Hall–Kier alpha value is -1.02. The number of phenolic OH excluding ortho intramolecular Hbond substituents is 1. The van der Waals surface area contributed by atoms with E-state index in [1.54, 1.807) is 0 Å². The van der Waals surface area contributed by atoms with Crippen LogP contribution in [0.3, 0.4) is 0 Å². The number of rotatable bonds is 0. The van der Waals surface area contributed by atoms with Gasteiger partial charge in [0.05, 0.1) is 5.60 Å². The highest BCUT2D eigenvalue weighted by atomic mass is 16.5. The summed E-state index contributed by atoms with van der Waals surface area (Å²) in [7, 11) is 0. The molecule has 4 rings (SSSR count). The zero-order valence-corrected chi connectivity index (χ0v) is 11.6. The van der Waals surface area contributed by atoms with Crippen LogP contribution in [-0.4, -0.2) is 17.3 Å². The van der Waals surface area contributed by atoms with E-state index in [1.165, 1.54) is 36.8 Å². The van der Waals surface area contributed by atoms with Crippen LogP contribution in [0.5, 0.6) is 5.75 Å². The lowest BCUT2D eigenvalue weighted by atomic mass is 9.59. The van der Waals surface area contributed by atoms with Crippen LogP contribution in [0, 0.1) is 11.8 Å². The SMILES string of the molecule is CC12CCC3c4ccc(O)cc4CCC3C1CCO2. The second-order valence-corrected chi connectivity index (χ2v) is 6.79. The van der Waals surface area contributed by atoms with Gasteiger partial charge in [-0.2, -0.15) is 0 Å². The van der Waals surface area contributed by atoms with Gasteiger partial charge in [-0.1, -0.05) is 6.07 Å². The Bertz CT molecular complexity index is 510. The lowest BCUT2D eigenvalue weighted by molar-refractivity contribution is -0.0566. The molecule has 0 radical (unpaired) electrons. The third kappa shape index (κ3) is 1.66. The van der Waals surface area contributed by atoms with Gasteiger partial charge in [0.15, 0.2) is 0 Å². The molecular formula is C17H22O2. The number of fused-ring (bicyclic) bond motifs is 5. The highest BCUT2D eigenvalue weighted by Crippen LogP contribution is 2.55. The van der Waals surface area contributed by atoms with Crippen molar-refractivity contribution in [1.82, 2.24) is 0 Å². The van der Waals surface area contributed by atoms with Gasteiger partial charge in [0.25, 0.3) is 0 Å². The maximum absolute atomic E-state index is 9.66. The quantitative estimate of drug-likeness (QED) is 0.770. The van der Waals surface area contributed by atoms with Crippen LogP contribution in [0.15, 0.2) is 18.2 Å². The molecule has 1 heterocycles. The maximum Gasteiger partial charge on any atom is 0.115 e. The summed E-state index contributed by atoms with van der Waals surface area (Å²) in [5.74, 6) is 2.65. The van der Waals surface area contributed by atoms with Crippen molar-refractivity contribution in [3.63, 3.8) is 0 Å². The zero-order chi connectivity index (χ0) is 13.0. The lowest BCUT2D eigenvalue weighted by Gasteiger charge is -2.48. The highest BCUT2D eigenvalue weighted by molar-refractivity contribution is 5.40. The molecule has 4 atom stereocenters. The molecule has 4 unspecified atom stereocenters. The number of benzene rings is 1. The third-order valence-corrected chi connectivity index (χ3v) is 5.90. The van der Waals surface area contributed by atoms with Crippen LogP contribution in [0.4, 0.5) is 0 Å². The smallest absolute Gasteiger partial charge is 0.115 e. The van der Waals surface area contributed by atoms with Crippen molar-refractivity contribution in [2.75, 3.05) is 6.61 Å². The number of aromatic hydroxyl groups is 1. The summed E-state index contributed by atoms with van der Waals surface area (Å²) < 4.78 is 6.06. The van der Waals surface area contributed by atoms with E-state index in [9.17, 15) is 5.11 Å². The Labute approximate surface area is 114 Å². The van der Waals surface area contributed by atoms with Crippen LogP contribution in [0.25, 0.3) is 0 Å². The fourth-order valence-corrected chi connectivity index (χ4v) is 4.97. The predicted molar refractivity (Wildman–Crippen MR) is 74.4 cm³/mol. The van der Waals surface area contributed by atoms with Crippen molar-refractivity contribution < 1.29 is 9.84 Å². The van der Waals surface area contributed by atoms with E-state index in [4.69, 9.17) is 4.74 Å². The first-order chi connectivity index (χ1) is 9.17. The lowest BCUT2D eigenvalue weighted by Crippen LogP contribution is -2.44. The normalized spacial score (nSPS) is 40.4. The van der Waals surface area contributed by atoms with E-state index in [0.717, 1.165) is 24.9 Å². The van der Waals surface area contributed by atoms with Crippen molar-refractivity contribution in [2.24, 2.45) is 11.8 Å². The van der Waals surface area contributed by atoms with Crippen LogP contribution >= 0.6 is 0 Å². The Morgan fingerprint density at radius 2 is 2.16 bits per heavy atom. The molecule has 2 aliphatic carbocycles. The van der Waals surface area contributed by atoms with Crippen LogP contribution in [-0.2, 0) is 11.2 Å². The van der Waals surface area contributed by atoms with Crippen molar-refractivity contribution in [2.45, 2.75) is 50.5 Å². The summed E-state index contributed by atoms with van der Waals surface area (Å²) in [6, 6.07) is 6.00. The van der Waals surface area contributed by atoms with Gasteiger partial charge < -0.3 is 9.84 Å². The standard InChI is InChI=1S/C17H22O2/c1-17-8-6-14-13-5-3-12(18)10-11(13)2-4-15(14)16(17)7-9-19-17/h3,5,10,14-16,18H,2,4,6-9H2,1H3. The molecule has 1 aromatic rings. The minimum atomic E-state index is 0.148. The molecule has 0 amide bonds. The highest BCUT2D eigenvalue weighted by Gasteiger charge is 2.51. The number of hydrogen-bond donors (Lipinski definition) is 1. The summed E-state index contributed by atoms with van der Waals surface area (Å²) in [6.45, 7) is 3.28. The van der Waals surface area contributed by atoms with Crippen molar-refractivity contribution in [3.8, 4) is 5.75 Å². The first kappa shape index (κ1) is 11.8. The Kier molecular flexibility index (Phi) is 2.47. The molecule has 0 bridgehead atoms. The first-order valence-electron chi connectivity index (χ1n) is 7.63. The van der Waals surface area contributed by atoms with Crippen LogP contribution in [0.1, 0.15) is 49.7 Å². The van der Waals surface area contributed by atoms with Crippen LogP contribution in [0.2, 0.25) is 0 Å². The van der Waals surface area contributed by atoms with Crippen molar-refractivity contribution >= 4 is 0 Å². The summed E-state index contributed by atoms with van der Waals surface area (Å²) in [5.41, 5.74) is 3.03. The molecule has 1 saturated carbocycles. The van der Waals surface area contributed by atoms with Crippen molar-refractivity contribution in [1.29, 1.82) is 0 Å². The fourth-order valence-electron chi connectivity index (χ4n) is 4.97. The minimum Gasteiger partial charge on any atom is -0.508 e. The molecule has 2 heteroatoms. The first-order valence-corrected chi connectivity index (χ1v) is 7.63. The summed E-state index contributed by atoms with van der Waals surface area (Å²) in [4.78, 5) is 0. The largest absolute Gasteiger partial charge is 0.508 e. The molecule has 102 valence electrons. The second kappa shape index (κ2) is 3.99. The molecule has 2 nitrogen and oxygen atoms in total. The summed E-state index contributed by atoms with van der Waals surface area (Å²) in [5, 5.41) is 9.66. The zero-order valence-electron chi connectivity index (χ0n) is 11.6. The molecule has 2 fully saturated rings. The van der Waals surface area contributed by atoms with E-state index in [1.807, 2.05) is 12.1 Å². The molecule has 19 heavy (non-hydrogen) atoms. The Balaban J connectivity index is 1.72. The van der Waals surface area contributed by atoms with Gasteiger partial charge in [0.2, 0.25) is 0 Å². The van der Waals surface area contributed by atoms with Gasteiger partial charge in [-0.05, 0) is 80.0 Å². The van der Waals surface area contributed by atoms with Gasteiger partial charge in [-0.15, -0.1) is 0 Å². The topological polar surface area (TPSA) is 29.5 Å². The van der Waals surface area contributed by atoms with E-state index in [-0.39, 0.29) is 5.60 Å². The minimum absolute atomic E-state index is 0.148. The molecule has 1 aliphatic heterocycles. The summed E-state index contributed by atoms with van der Waals surface area (Å²) >= 11 is 0. The van der Waals surface area contributed by atoms with Gasteiger partial charge in [0.1, 0.15) is 5.75 Å². The Morgan fingerprint density at radius 3 is 3.05 bits per heavy atom. The molecule has 0 aromatic heterocycles. The van der Waals surface area contributed by atoms with Gasteiger partial charge in [0, 0.05) is 6.61 Å². The number of phenols is 1. The monoisotopic (exact) mass is 258 g/mol. The molecule has 1 N–H and O–H groups in total. The van der Waals surface area contributed by atoms with Gasteiger partial charge in [-0.25, -0.2) is 0 Å². The second-order valence-electron chi connectivity index (χ2n) is 6.79. The van der Waals surface area contributed by atoms with E-state index < -0.39 is 0 Å². The third-order valence-electron chi connectivity index (χ3n) is 5.90. The van der Waals surface area contributed by atoms with E-state index in [2.05, 4.69) is 13.0 Å². The molecular weight excluding hydrogens is 236 g/mol. The average molecular weight is 258 g/mol. The predicted octanol–water partition coefficient (Wildman–Crippen LogP) is 3.63. The van der Waals surface area contributed by atoms with E-state index in [0.29, 0.717) is 11.7 Å². The van der Waals surface area contributed by atoms with E-state index >= 15 is 0 Å². The van der Waals surface area contributed by atoms with Gasteiger partial charge >= 0.3 is 0 Å². The maximum atomic E-state index is 9.66. The molecule has 0 spiro atoms. The molecule has 3 aliphatic rings. The fraction of sp³-hybridized carbons (Fsp3) is 0.647. The number of ether oxygens (including phenoxy) is 1. The van der Waals surface area contributed by atoms with Crippen LogP contribution < -0.4 is 0 Å². The molecule has 1 aromatic carbocycles. The number of hydrogen-bond acceptors (Lipinski definition) is 2. The van der Waals surface area contributed by atoms with Gasteiger partial charge in [-0.3, -0.25) is 0 Å². The average Bonchev–Trinajstić information content (AvgIpc) is 2.79.